The lowest BCUT2D eigenvalue weighted by molar-refractivity contribution is -0.139. The average molecular weight is 338 g/mol. The lowest BCUT2D eigenvalue weighted by atomic mass is 10.0. The van der Waals surface area contributed by atoms with E-state index < -0.39 is 6.04 Å². The molecule has 2 rings (SSSR count). The molecule has 25 heavy (non-hydrogen) atoms. The zero-order valence-electron chi connectivity index (χ0n) is 15.4. The van der Waals surface area contributed by atoms with E-state index in [1.807, 2.05) is 62.4 Å². The molecule has 0 bridgehead atoms. The summed E-state index contributed by atoms with van der Waals surface area (Å²) in [7, 11) is 1.59. The monoisotopic (exact) mass is 338 g/mol. The van der Waals surface area contributed by atoms with Gasteiger partial charge in [-0.3, -0.25) is 9.59 Å². The Morgan fingerprint density at radius 1 is 0.960 bits per heavy atom. The zero-order valence-corrected chi connectivity index (χ0v) is 15.4. The summed E-state index contributed by atoms with van der Waals surface area (Å²) in [6, 6.07) is 15.3. The summed E-state index contributed by atoms with van der Waals surface area (Å²) in [6.07, 6.45) is 0.292. The zero-order chi connectivity index (χ0) is 18.4. The van der Waals surface area contributed by atoms with Gasteiger partial charge in [0, 0.05) is 13.6 Å². The Hall–Kier alpha value is -2.62. The van der Waals surface area contributed by atoms with Crippen molar-refractivity contribution in [2.45, 2.75) is 39.8 Å². The van der Waals surface area contributed by atoms with E-state index in [0.717, 1.165) is 22.3 Å². The molecule has 0 aromatic heterocycles. The summed E-state index contributed by atoms with van der Waals surface area (Å²) >= 11 is 0. The Bertz CT molecular complexity index is 755. The second-order valence-electron chi connectivity index (χ2n) is 6.34. The van der Waals surface area contributed by atoms with Crippen LogP contribution in [0.5, 0.6) is 0 Å². The number of amides is 2. The van der Waals surface area contributed by atoms with Gasteiger partial charge >= 0.3 is 0 Å². The number of hydrogen-bond acceptors (Lipinski definition) is 2. The van der Waals surface area contributed by atoms with E-state index in [0.29, 0.717) is 13.0 Å². The van der Waals surface area contributed by atoms with Crippen LogP contribution in [0, 0.1) is 13.8 Å². The maximum Gasteiger partial charge on any atom is 0.242 e. The predicted molar refractivity (Wildman–Crippen MR) is 100 cm³/mol. The Morgan fingerprint density at radius 2 is 1.48 bits per heavy atom. The van der Waals surface area contributed by atoms with E-state index in [2.05, 4.69) is 5.32 Å². The maximum atomic E-state index is 13.0. The SMILES string of the molecule is CNC(=O)[C@H](C)N(Cc1ccccc1C)C(=O)Cc1ccccc1C. The van der Waals surface area contributed by atoms with Crippen molar-refractivity contribution >= 4 is 11.8 Å². The van der Waals surface area contributed by atoms with Gasteiger partial charge in [0.2, 0.25) is 11.8 Å². The van der Waals surface area contributed by atoms with Crippen LogP contribution >= 0.6 is 0 Å². The number of hydrogen-bond donors (Lipinski definition) is 1. The minimum absolute atomic E-state index is 0.0475. The van der Waals surface area contributed by atoms with Crippen molar-refractivity contribution in [3.05, 3.63) is 70.8 Å². The van der Waals surface area contributed by atoms with Gasteiger partial charge in [0.25, 0.3) is 0 Å². The summed E-state index contributed by atoms with van der Waals surface area (Å²) < 4.78 is 0. The maximum absolute atomic E-state index is 13.0. The van der Waals surface area contributed by atoms with Crippen LogP contribution in [0.15, 0.2) is 48.5 Å². The molecule has 1 atom stereocenters. The second kappa shape index (κ2) is 8.47. The molecule has 1 N–H and O–H groups in total. The summed E-state index contributed by atoms with van der Waals surface area (Å²) in [4.78, 5) is 26.8. The van der Waals surface area contributed by atoms with Crippen molar-refractivity contribution in [1.29, 1.82) is 0 Å². The fraction of sp³-hybridized carbons (Fsp3) is 0.333. The molecule has 2 amide bonds. The van der Waals surface area contributed by atoms with Crippen LogP contribution in [0.25, 0.3) is 0 Å². The molecule has 132 valence electrons. The standard InChI is InChI=1S/C21H26N2O2/c1-15-9-5-7-11-18(15)13-20(24)23(17(3)21(25)22-4)14-19-12-8-6-10-16(19)2/h5-12,17H,13-14H2,1-4H3,(H,22,25)/t17-/m0/s1. The van der Waals surface area contributed by atoms with Crippen molar-refractivity contribution in [2.24, 2.45) is 0 Å². The molecule has 2 aromatic rings. The molecule has 4 nitrogen and oxygen atoms in total. The minimum Gasteiger partial charge on any atom is -0.357 e. The van der Waals surface area contributed by atoms with E-state index >= 15 is 0 Å². The van der Waals surface area contributed by atoms with Crippen LogP contribution in [0.3, 0.4) is 0 Å². The van der Waals surface area contributed by atoms with Crippen LogP contribution in [-0.4, -0.2) is 29.8 Å². The smallest absolute Gasteiger partial charge is 0.242 e. The number of nitrogens with one attached hydrogen (secondary N) is 1. The number of benzene rings is 2. The first-order chi connectivity index (χ1) is 11.9. The molecule has 0 aliphatic carbocycles. The number of rotatable bonds is 6. The third kappa shape index (κ3) is 4.69. The normalized spacial score (nSPS) is 11.7. The molecule has 0 spiro atoms. The minimum atomic E-state index is -0.527. The Morgan fingerprint density at radius 3 is 2.00 bits per heavy atom. The highest BCUT2D eigenvalue weighted by Gasteiger charge is 2.26. The molecule has 0 fully saturated rings. The highest BCUT2D eigenvalue weighted by atomic mass is 16.2. The van der Waals surface area contributed by atoms with Gasteiger partial charge < -0.3 is 10.2 Å². The Labute approximate surface area is 149 Å². The fourth-order valence-electron chi connectivity index (χ4n) is 2.84. The van der Waals surface area contributed by atoms with Gasteiger partial charge in [-0.1, -0.05) is 48.5 Å². The van der Waals surface area contributed by atoms with Gasteiger partial charge in [-0.2, -0.15) is 0 Å². The van der Waals surface area contributed by atoms with E-state index in [1.54, 1.807) is 18.9 Å². The predicted octanol–water partition coefficient (Wildman–Crippen LogP) is 3.01. The highest BCUT2D eigenvalue weighted by Crippen LogP contribution is 2.16. The largest absolute Gasteiger partial charge is 0.357 e. The fourth-order valence-corrected chi connectivity index (χ4v) is 2.84. The highest BCUT2D eigenvalue weighted by molar-refractivity contribution is 5.88. The van der Waals surface area contributed by atoms with Crippen LogP contribution in [0.2, 0.25) is 0 Å². The molecule has 0 aliphatic heterocycles. The van der Waals surface area contributed by atoms with Crippen molar-refractivity contribution in [3.8, 4) is 0 Å². The van der Waals surface area contributed by atoms with E-state index in [9.17, 15) is 9.59 Å². The number of carbonyl (C=O) groups is 2. The van der Waals surface area contributed by atoms with E-state index in [-0.39, 0.29) is 11.8 Å². The summed E-state index contributed by atoms with van der Waals surface area (Å²) in [6.45, 7) is 6.21. The van der Waals surface area contributed by atoms with Crippen LogP contribution in [-0.2, 0) is 22.6 Å². The number of likely N-dealkylation sites (N-methyl/N-ethyl adjacent to an activating group) is 1. The molecular weight excluding hydrogens is 312 g/mol. The topological polar surface area (TPSA) is 49.4 Å². The molecule has 0 saturated heterocycles. The third-order valence-electron chi connectivity index (χ3n) is 4.62. The van der Waals surface area contributed by atoms with Crippen LogP contribution < -0.4 is 5.32 Å². The molecule has 0 heterocycles. The number of carbonyl (C=O) groups excluding carboxylic acids is 2. The van der Waals surface area contributed by atoms with Crippen LogP contribution in [0.1, 0.15) is 29.2 Å². The lowest BCUT2D eigenvalue weighted by Crippen LogP contribution is -2.47. The van der Waals surface area contributed by atoms with Crippen molar-refractivity contribution in [3.63, 3.8) is 0 Å². The molecule has 2 aromatic carbocycles. The first kappa shape index (κ1) is 18.7. The van der Waals surface area contributed by atoms with Gasteiger partial charge in [-0.25, -0.2) is 0 Å². The summed E-state index contributed by atoms with van der Waals surface area (Å²) in [5.74, 6) is -0.208. The summed E-state index contributed by atoms with van der Waals surface area (Å²) in [5, 5.41) is 2.64. The average Bonchev–Trinajstić information content (AvgIpc) is 2.61. The molecule has 0 saturated carbocycles. The van der Waals surface area contributed by atoms with Crippen molar-refractivity contribution in [1.82, 2.24) is 10.2 Å². The second-order valence-corrected chi connectivity index (χ2v) is 6.34. The Balaban J connectivity index is 2.27. The van der Waals surface area contributed by atoms with Gasteiger partial charge in [-0.15, -0.1) is 0 Å². The van der Waals surface area contributed by atoms with Gasteiger partial charge in [0.05, 0.1) is 6.42 Å². The van der Waals surface area contributed by atoms with E-state index in [1.165, 1.54) is 0 Å². The molecule has 0 unspecified atom stereocenters. The molecule has 4 heteroatoms. The Kier molecular flexibility index (Phi) is 6.34. The van der Waals surface area contributed by atoms with Crippen LogP contribution in [0.4, 0.5) is 0 Å². The third-order valence-corrected chi connectivity index (χ3v) is 4.62. The number of aryl methyl sites for hydroxylation is 2. The quantitative estimate of drug-likeness (QED) is 0.880. The first-order valence-corrected chi connectivity index (χ1v) is 8.54. The first-order valence-electron chi connectivity index (χ1n) is 8.54. The summed E-state index contributed by atoms with van der Waals surface area (Å²) in [5.41, 5.74) is 4.24. The van der Waals surface area contributed by atoms with Gasteiger partial charge in [-0.05, 0) is 43.0 Å². The molecule has 0 aliphatic rings. The van der Waals surface area contributed by atoms with Gasteiger partial charge in [0.15, 0.2) is 0 Å². The van der Waals surface area contributed by atoms with Gasteiger partial charge in [0.1, 0.15) is 6.04 Å². The molecule has 0 radical (unpaired) electrons. The van der Waals surface area contributed by atoms with Crippen molar-refractivity contribution in [2.75, 3.05) is 7.05 Å². The van der Waals surface area contributed by atoms with Crippen molar-refractivity contribution < 1.29 is 9.59 Å². The van der Waals surface area contributed by atoms with E-state index in [4.69, 9.17) is 0 Å². The lowest BCUT2D eigenvalue weighted by Gasteiger charge is -2.29. The number of nitrogens with zero attached hydrogens (tertiary/aromatic N) is 1. The molecular formula is C21H26N2O2.